The highest BCUT2D eigenvalue weighted by molar-refractivity contribution is 5.67. The maximum absolute atomic E-state index is 5.84. The number of anilines is 1. The summed E-state index contributed by atoms with van der Waals surface area (Å²) in [6.07, 6.45) is 5.27. The van der Waals surface area contributed by atoms with Crippen LogP contribution in [0.25, 0.3) is 11.4 Å². The van der Waals surface area contributed by atoms with E-state index in [0.29, 0.717) is 28.9 Å². The molecule has 1 aliphatic rings. The topological polar surface area (TPSA) is 96.0 Å². The molecular formula is C13H15N5O2. The van der Waals surface area contributed by atoms with Crippen LogP contribution in [-0.4, -0.2) is 34.2 Å². The van der Waals surface area contributed by atoms with Crippen LogP contribution in [0.2, 0.25) is 0 Å². The van der Waals surface area contributed by atoms with Gasteiger partial charge in [-0.2, -0.15) is 0 Å². The van der Waals surface area contributed by atoms with E-state index in [4.69, 9.17) is 15.2 Å². The quantitative estimate of drug-likeness (QED) is 0.899. The van der Waals surface area contributed by atoms with Gasteiger partial charge in [-0.3, -0.25) is 0 Å². The van der Waals surface area contributed by atoms with Gasteiger partial charge in [0.05, 0.1) is 26.1 Å². The number of ether oxygens (including phenoxy) is 2. The zero-order valence-electron chi connectivity index (χ0n) is 11.3. The molecule has 0 unspecified atom stereocenters. The van der Waals surface area contributed by atoms with Gasteiger partial charge >= 0.3 is 0 Å². The van der Waals surface area contributed by atoms with Crippen molar-refractivity contribution in [2.24, 2.45) is 0 Å². The van der Waals surface area contributed by atoms with Crippen molar-refractivity contribution in [2.45, 2.75) is 18.8 Å². The first-order chi connectivity index (χ1) is 9.74. The van der Waals surface area contributed by atoms with E-state index in [0.717, 1.165) is 18.5 Å². The summed E-state index contributed by atoms with van der Waals surface area (Å²) in [6, 6.07) is 0. The van der Waals surface area contributed by atoms with Crippen molar-refractivity contribution >= 4 is 5.82 Å². The maximum atomic E-state index is 5.84. The van der Waals surface area contributed by atoms with Crippen LogP contribution in [0.4, 0.5) is 5.82 Å². The summed E-state index contributed by atoms with van der Waals surface area (Å²) >= 11 is 0. The molecule has 2 N–H and O–H groups in total. The Morgan fingerprint density at radius 2 is 1.95 bits per heavy atom. The van der Waals surface area contributed by atoms with E-state index in [9.17, 15) is 0 Å². The summed E-state index contributed by atoms with van der Waals surface area (Å²) in [7, 11) is 3.09. The van der Waals surface area contributed by atoms with Crippen LogP contribution in [0.3, 0.4) is 0 Å². The van der Waals surface area contributed by atoms with Crippen LogP contribution in [0.5, 0.6) is 11.6 Å². The van der Waals surface area contributed by atoms with Gasteiger partial charge in [0.1, 0.15) is 11.9 Å². The maximum Gasteiger partial charge on any atom is 0.227 e. The number of hydrogen-bond donors (Lipinski definition) is 1. The van der Waals surface area contributed by atoms with Gasteiger partial charge < -0.3 is 15.2 Å². The van der Waals surface area contributed by atoms with E-state index in [1.165, 1.54) is 13.4 Å². The molecule has 1 aliphatic carbocycles. The Morgan fingerprint density at radius 1 is 1.15 bits per heavy atom. The molecule has 0 radical (unpaired) electrons. The van der Waals surface area contributed by atoms with Crippen molar-refractivity contribution in [1.82, 2.24) is 19.9 Å². The van der Waals surface area contributed by atoms with Crippen molar-refractivity contribution in [1.29, 1.82) is 0 Å². The van der Waals surface area contributed by atoms with Crippen LogP contribution < -0.4 is 15.2 Å². The Bertz CT molecular complexity index is 643. The summed E-state index contributed by atoms with van der Waals surface area (Å²) in [4.78, 5) is 17.0. The first-order valence-corrected chi connectivity index (χ1v) is 6.30. The van der Waals surface area contributed by atoms with Crippen molar-refractivity contribution in [3.63, 3.8) is 0 Å². The van der Waals surface area contributed by atoms with Crippen LogP contribution in [0, 0.1) is 0 Å². The fraction of sp³-hybridized carbons (Fsp3) is 0.385. The molecule has 0 spiro atoms. The lowest BCUT2D eigenvalue weighted by Crippen LogP contribution is -2.04. The number of rotatable bonds is 4. The first kappa shape index (κ1) is 12.6. The standard InChI is InChI=1S/C13H15N5O2/c1-19-8-5-15-12(18-11(8)14)9-10(7-3-4-7)16-6-17-13(9)20-2/h5-7H,3-4H2,1-2H3,(H2,14,15,18). The molecule has 1 fully saturated rings. The molecular weight excluding hydrogens is 258 g/mol. The molecule has 1 saturated carbocycles. The second-order valence-corrected chi connectivity index (χ2v) is 4.56. The highest BCUT2D eigenvalue weighted by Crippen LogP contribution is 2.44. The normalized spacial score (nSPS) is 14.1. The van der Waals surface area contributed by atoms with E-state index in [1.54, 1.807) is 13.3 Å². The molecule has 0 atom stereocenters. The zero-order chi connectivity index (χ0) is 14.1. The molecule has 0 aromatic carbocycles. The molecule has 2 aromatic heterocycles. The van der Waals surface area contributed by atoms with Crippen molar-refractivity contribution in [2.75, 3.05) is 20.0 Å². The number of methoxy groups -OCH3 is 2. The Labute approximate surface area is 116 Å². The van der Waals surface area contributed by atoms with Gasteiger partial charge in [-0.05, 0) is 12.8 Å². The van der Waals surface area contributed by atoms with Crippen LogP contribution >= 0.6 is 0 Å². The van der Waals surface area contributed by atoms with Crippen molar-refractivity contribution in [3.05, 3.63) is 18.2 Å². The van der Waals surface area contributed by atoms with E-state index >= 15 is 0 Å². The van der Waals surface area contributed by atoms with Gasteiger partial charge in [0.25, 0.3) is 0 Å². The van der Waals surface area contributed by atoms with Crippen molar-refractivity contribution < 1.29 is 9.47 Å². The van der Waals surface area contributed by atoms with Crippen LogP contribution in [0.15, 0.2) is 12.5 Å². The minimum atomic E-state index is 0.283. The largest absolute Gasteiger partial charge is 0.491 e. The number of hydrogen-bond acceptors (Lipinski definition) is 7. The summed E-state index contributed by atoms with van der Waals surface area (Å²) in [5.41, 5.74) is 7.48. The van der Waals surface area contributed by atoms with Gasteiger partial charge in [-0.25, -0.2) is 19.9 Å². The van der Waals surface area contributed by atoms with Gasteiger partial charge in [-0.15, -0.1) is 0 Å². The fourth-order valence-corrected chi connectivity index (χ4v) is 2.08. The Morgan fingerprint density at radius 3 is 2.55 bits per heavy atom. The van der Waals surface area contributed by atoms with E-state index in [1.807, 2.05) is 0 Å². The summed E-state index contributed by atoms with van der Waals surface area (Å²) in [5, 5.41) is 0. The van der Waals surface area contributed by atoms with E-state index in [-0.39, 0.29) is 5.82 Å². The predicted molar refractivity (Wildman–Crippen MR) is 72.5 cm³/mol. The molecule has 104 valence electrons. The molecule has 7 heteroatoms. The van der Waals surface area contributed by atoms with E-state index in [2.05, 4.69) is 19.9 Å². The molecule has 2 heterocycles. The second kappa shape index (κ2) is 4.92. The molecule has 0 amide bonds. The van der Waals surface area contributed by atoms with Crippen LogP contribution in [-0.2, 0) is 0 Å². The minimum Gasteiger partial charge on any atom is -0.491 e. The number of nitrogens with zero attached hydrogens (tertiary/aromatic N) is 4. The summed E-state index contributed by atoms with van der Waals surface area (Å²) in [5.74, 6) is 2.07. The zero-order valence-corrected chi connectivity index (χ0v) is 11.3. The molecule has 20 heavy (non-hydrogen) atoms. The molecule has 2 aromatic rings. The number of nitrogen functional groups attached to an aromatic ring is 1. The fourth-order valence-electron chi connectivity index (χ4n) is 2.08. The third kappa shape index (κ3) is 2.11. The lowest BCUT2D eigenvalue weighted by Gasteiger charge is -2.11. The lowest BCUT2D eigenvalue weighted by atomic mass is 10.1. The van der Waals surface area contributed by atoms with Crippen LogP contribution in [0.1, 0.15) is 24.5 Å². The third-order valence-electron chi connectivity index (χ3n) is 3.23. The predicted octanol–water partition coefficient (Wildman–Crippen LogP) is 1.41. The number of aromatic nitrogens is 4. The number of nitrogens with two attached hydrogens (primary N) is 1. The average molecular weight is 273 g/mol. The molecule has 0 aliphatic heterocycles. The van der Waals surface area contributed by atoms with Gasteiger partial charge in [0, 0.05) is 5.92 Å². The van der Waals surface area contributed by atoms with Gasteiger partial charge in [-0.1, -0.05) is 0 Å². The lowest BCUT2D eigenvalue weighted by molar-refractivity contribution is 0.397. The third-order valence-corrected chi connectivity index (χ3v) is 3.23. The molecule has 7 nitrogen and oxygen atoms in total. The van der Waals surface area contributed by atoms with Gasteiger partial charge in [0.2, 0.25) is 5.88 Å². The monoisotopic (exact) mass is 273 g/mol. The summed E-state index contributed by atoms with van der Waals surface area (Å²) < 4.78 is 10.4. The Hall–Kier alpha value is -2.44. The minimum absolute atomic E-state index is 0.283. The summed E-state index contributed by atoms with van der Waals surface area (Å²) in [6.45, 7) is 0. The molecule has 0 saturated heterocycles. The van der Waals surface area contributed by atoms with Gasteiger partial charge in [0.15, 0.2) is 17.4 Å². The smallest absolute Gasteiger partial charge is 0.227 e. The van der Waals surface area contributed by atoms with Crippen molar-refractivity contribution in [3.8, 4) is 23.0 Å². The average Bonchev–Trinajstić information content (AvgIpc) is 3.31. The molecule has 0 bridgehead atoms. The Kier molecular flexibility index (Phi) is 3.09. The second-order valence-electron chi connectivity index (χ2n) is 4.56. The SMILES string of the molecule is COc1cnc(-c2c(OC)ncnc2C2CC2)nc1N. The highest BCUT2D eigenvalue weighted by Gasteiger charge is 2.31. The Balaban J connectivity index is 2.15. The first-order valence-electron chi connectivity index (χ1n) is 6.30. The molecule has 3 rings (SSSR count). The van der Waals surface area contributed by atoms with E-state index < -0.39 is 0 Å². The highest BCUT2D eigenvalue weighted by atomic mass is 16.5.